The van der Waals surface area contributed by atoms with Gasteiger partial charge in [0, 0.05) is 35.4 Å². The third kappa shape index (κ3) is 5.35. The van der Waals surface area contributed by atoms with Crippen LogP contribution in [0.15, 0.2) is 28.9 Å². The number of nitrogens with zero attached hydrogens (tertiary/aromatic N) is 4. The van der Waals surface area contributed by atoms with Crippen LogP contribution in [-0.4, -0.2) is 35.8 Å². The third-order valence-corrected chi connectivity index (χ3v) is 5.62. The standard InChI is InChI=1S/C23H23BrFN5O2/c1-23(2,3)32-22(31)29-16-6-8-30(9-7-16)21-17(12-27)20(18(24)13-28-21)14-4-5-15(11-26)19(25)10-14/h4-5,10,13,16H,6-9H2,1-3H3,(H,29,31). The number of nitriles is 2. The number of halogens is 2. The van der Waals surface area contributed by atoms with E-state index < -0.39 is 17.5 Å². The minimum atomic E-state index is -0.645. The van der Waals surface area contributed by atoms with Gasteiger partial charge in [0.2, 0.25) is 0 Å². The normalized spacial score (nSPS) is 14.4. The van der Waals surface area contributed by atoms with Crippen LogP contribution in [0.1, 0.15) is 44.7 Å². The van der Waals surface area contributed by atoms with Crippen LogP contribution in [0.25, 0.3) is 11.1 Å². The van der Waals surface area contributed by atoms with Gasteiger partial charge in [-0.1, -0.05) is 6.07 Å². The van der Waals surface area contributed by atoms with Crippen molar-refractivity contribution in [3.05, 3.63) is 45.8 Å². The Hall–Kier alpha value is -3.17. The van der Waals surface area contributed by atoms with Crippen molar-refractivity contribution in [2.45, 2.75) is 45.3 Å². The summed E-state index contributed by atoms with van der Waals surface area (Å²) < 4.78 is 20.1. The molecule has 0 bridgehead atoms. The maximum Gasteiger partial charge on any atom is 0.407 e. The van der Waals surface area contributed by atoms with Crippen molar-refractivity contribution in [3.8, 4) is 23.3 Å². The number of alkyl carbamates (subject to hydrolysis) is 1. The number of anilines is 1. The molecular weight excluding hydrogens is 477 g/mol. The van der Waals surface area contributed by atoms with Gasteiger partial charge >= 0.3 is 6.09 Å². The first-order valence-electron chi connectivity index (χ1n) is 10.2. The molecule has 9 heteroatoms. The molecule has 1 saturated heterocycles. The average Bonchev–Trinajstić information content (AvgIpc) is 2.72. The molecule has 0 saturated carbocycles. The third-order valence-electron chi connectivity index (χ3n) is 5.02. The van der Waals surface area contributed by atoms with Gasteiger partial charge in [0.05, 0.1) is 5.56 Å². The molecular formula is C23H23BrFN5O2. The van der Waals surface area contributed by atoms with E-state index in [1.54, 1.807) is 18.3 Å². The molecule has 1 aliphatic rings. The van der Waals surface area contributed by atoms with Crippen LogP contribution in [0.2, 0.25) is 0 Å². The van der Waals surface area contributed by atoms with Gasteiger partial charge in [-0.15, -0.1) is 0 Å². The summed E-state index contributed by atoms with van der Waals surface area (Å²) >= 11 is 3.42. The molecule has 1 aliphatic heterocycles. The fourth-order valence-corrected chi connectivity index (χ4v) is 4.11. The number of benzene rings is 1. The summed E-state index contributed by atoms with van der Waals surface area (Å²) in [5, 5.41) is 21.8. The van der Waals surface area contributed by atoms with Gasteiger partial charge in [-0.05, 0) is 67.2 Å². The summed E-state index contributed by atoms with van der Waals surface area (Å²) in [7, 11) is 0. The number of pyridine rings is 1. The Morgan fingerprint density at radius 2 is 1.97 bits per heavy atom. The highest BCUT2D eigenvalue weighted by Crippen LogP contribution is 2.36. The minimum Gasteiger partial charge on any atom is -0.444 e. The van der Waals surface area contributed by atoms with E-state index in [0.29, 0.717) is 52.9 Å². The SMILES string of the molecule is CC(C)(C)OC(=O)NC1CCN(c2ncc(Br)c(-c3ccc(C#N)c(F)c3)c2C#N)CC1. The minimum absolute atomic E-state index is 0.0332. The van der Waals surface area contributed by atoms with Crippen molar-refractivity contribution in [1.29, 1.82) is 10.5 Å². The largest absolute Gasteiger partial charge is 0.444 e. The highest BCUT2D eigenvalue weighted by atomic mass is 79.9. The zero-order chi connectivity index (χ0) is 23.5. The van der Waals surface area contributed by atoms with Crippen LogP contribution in [0.4, 0.5) is 15.0 Å². The van der Waals surface area contributed by atoms with Crippen LogP contribution in [-0.2, 0) is 4.74 Å². The van der Waals surface area contributed by atoms with Crippen LogP contribution in [0, 0.1) is 28.5 Å². The average molecular weight is 500 g/mol. The molecule has 0 aliphatic carbocycles. The molecule has 2 aromatic rings. The molecule has 166 valence electrons. The van der Waals surface area contributed by atoms with Crippen LogP contribution >= 0.6 is 15.9 Å². The highest BCUT2D eigenvalue weighted by Gasteiger charge is 2.27. The predicted molar refractivity (Wildman–Crippen MR) is 121 cm³/mol. The van der Waals surface area contributed by atoms with E-state index in [1.807, 2.05) is 25.7 Å². The van der Waals surface area contributed by atoms with E-state index in [-0.39, 0.29) is 11.6 Å². The Balaban J connectivity index is 1.81. The lowest BCUT2D eigenvalue weighted by Gasteiger charge is -2.34. The number of carbonyl (C=O) groups excluding carboxylic acids is 1. The van der Waals surface area contributed by atoms with Gasteiger partial charge in [-0.25, -0.2) is 14.2 Å². The molecule has 0 radical (unpaired) electrons. The number of nitrogens with one attached hydrogen (secondary N) is 1. The van der Waals surface area contributed by atoms with E-state index in [2.05, 4.69) is 32.3 Å². The Labute approximate surface area is 194 Å². The van der Waals surface area contributed by atoms with Gasteiger partial charge < -0.3 is 15.0 Å². The molecule has 1 N–H and O–H groups in total. The molecule has 0 spiro atoms. The molecule has 1 aromatic heterocycles. The Morgan fingerprint density at radius 1 is 1.28 bits per heavy atom. The number of amides is 1. The first-order chi connectivity index (χ1) is 15.1. The van der Waals surface area contributed by atoms with E-state index in [9.17, 15) is 14.4 Å². The highest BCUT2D eigenvalue weighted by molar-refractivity contribution is 9.10. The Kier molecular flexibility index (Phi) is 7.00. The van der Waals surface area contributed by atoms with E-state index in [1.165, 1.54) is 12.1 Å². The van der Waals surface area contributed by atoms with Crippen molar-refractivity contribution >= 4 is 27.8 Å². The lowest BCUT2D eigenvalue weighted by Crippen LogP contribution is -2.46. The second-order valence-electron chi connectivity index (χ2n) is 8.51. The molecule has 32 heavy (non-hydrogen) atoms. The van der Waals surface area contributed by atoms with Gasteiger partial charge in [0.25, 0.3) is 0 Å². The molecule has 1 aromatic carbocycles. The number of hydrogen-bond acceptors (Lipinski definition) is 6. The van der Waals surface area contributed by atoms with Crippen molar-refractivity contribution in [1.82, 2.24) is 10.3 Å². The zero-order valence-electron chi connectivity index (χ0n) is 18.1. The summed E-state index contributed by atoms with van der Waals surface area (Å²) in [5.74, 6) is -0.139. The number of ether oxygens (including phenoxy) is 1. The van der Waals surface area contributed by atoms with Crippen molar-refractivity contribution in [3.63, 3.8) is 0 Å². The second kappa shape index (κ2) is 9.54. The molecule has 0 atom stereocenters. The van der Waals surface area contributed by atoms with Crippen LogP contribution in [0.3, 0.4) is 0 Å². The van der Waals surface area contributed by atoms with Gasteiger partial charge in [0.1, 0.15) is 34.9 Å². The maximum atomic E-state index is 14.2. The number of rotatable bonds is 3. The number of hydrogen-bond donors (Lipinski definition) is 1. The summed E-state index contributed by atoms with van der Waals surface area (Å²) in [6.45, 7) is 6.62. The molecule has 1 fully saturated rings. The molecule has 1 amide bonds. The topological polar surface area (TPSA) is 102 Å². The summed E-state index contributed by atoms with van der Waals surface area (Å²) in [4.78, 5) is 18.5. The summed E-state index contributed by atoms with van der Waals surface area (Å²) in [6.07, 6.45) is 2.48. The van der Waals surface area contributed by atoms with E-state index in [0.717, 1.165) is 0 Å². The molecule has 3 rings (SSSR count). The monoisotopic (exact) mass is 499 g/mol. The molecule has 0 unspecified atom stereocenters. The summed E-state index contributed by atoms with van der Waals surface area (Å²) in [5.41, 5.74) is 0.707. The fraction of sp³-hybridized carbons (Fsp3) is 0.391. The maximum absolute atomic E-state index is 14.2. The number of aromatic nitrogens is 1. The second-order valence-corrected chi connectivity index (χ2v) is 9.36. The van der Waals surface area contributed by atoms with Crippen molar-refractivity contribution in [2.75, 3.05) is 18.0 Å². The predicted octanol–water partition coefficient (Wildman–Crippen LogP) is 4.89. The molecule has 2 heterocycles. The lowest BCUT2D eigenvalue weighted by atomic mass is 9.98. The number of piperidine rings is 1. The Bertz CT molecular complexity index is 1110. The number of carbonyl (C=O) groups is 1. The van der Waals surface area contributed by atoms with Gasteiger partial charge in [-0.2, -0.15) is 10.5 Å². The van der Waals surface area contributed by atoms with Gasteiger partial charge in [0.15, 0.2) is 0 Å². The van der Waals surface area contributed by atoms with Gasteiger partial charge in [-0.3, -0.25) is 0 Å². The quantitative estimate of drug-likeness (QED) is 0.644. The molecule has 7 nitrogen and oxygen atoms in total. The fourth-order valence-electron chi connectivity index (χ4n) is 3.58. The zero-order valence-corrected chi connectivity index (χ0v) is 19.7. The first kappa shape index (κ1) is 23.5. The van der Waals surface area contributed by atoms with E-state index >= 15 is 0 Å². The van der Waals surface area contributed by atoms with Crippen molar-refractivity contribution in [2.24, 2.45) is 0 Å². The smallest absolute Gasteiger partial charge is 0.407 e. The van der Waals surface area contributed by atoms with Crippen LogP contribution < -0.4 is 10.2 Å². The van der Waals surface area contributed by atoms with E-state index in [4.69, 9.17) is 10.00 Å². The van der Waals surface area contributed by atoms with Crippen molar-refractivity contribution < 1.29 is 13.9 Å². The van der Waals surface area contributed by atoms with Crippen LogP contribution in [0.5, 0.6) is 0 Å². The summed E-state index contributed by atoms with van der Waals surface area (Å²) in [6, 6.07) is 8.23. The Morgan fingerprint density at radius 3 is 2.53 bits per heavy atom. The lowest BCUT2D eigenvalue weighted by molar-refractivity contribution is 0.0497. The first-order valence-corrected chi connectivity index (χ1v) is 11.0.